The fourth-order valence-corrected chi connectivity index (χ4v) is 3.96. The van der Waals surface area contributed by atoms with E-state index in [-0.39, 0.29) is 5.97 Å². The van der Waals surface area contributed by atoms with E-state index in [1.807, 2.05) is 49.4 Å². The van der Waals surface area contributed by atoms with Gasteiger partial charge < -0.3 is 14.4 Å². The quantitative estimate of drug-likeness (QED) is 0.529. The van der Waals surface area contributed by atoms with Gasteiger partial charge in [0.05, 0.1) is 17.8 Å². The minimum Gasteiger partial charge on any atom is -0.466 e. The molecule has 0 fully saturated rings. The summed E-state index contributed by atoms with van der Waals surface area (Å²) in [4.78, 5) is 18.9. The predicted octanol–water partition coefficient (Wildman–Crippen LogP) is 5.04. The number of ether oxygens (including phenoxy) is 2. The predicted molar refractivity (Wildman–Crippen MR) is 115 cm³/mol. The van der Waals surface area contributed by atoms with Crippen molar-refractivity contribution >= 4 is 22.6 Å². The number of pyridine rings is 1. The number of aryl methyl sites for hydroxylation is 1. The average molecular weight is 390 g/mol. The Kier molecular flexibility index (Phi) is 5.65. The van der Waals surface area contributed by atoms with Crippen LogP contribution < -0.4 is 9.64 Å². The topological polar surface area (TPSA) is 51.7 Å². The second-order valence-electron chi connectivity index (χ2n) is 7.26. The first-order valence-electron chi connectivity index (χ1n) is 10.2. The molecule has 0 radical (unpaired) electrons. The maximum atomic E-state index is 11.7. The van der Waals surface area contributed by atoms with Crippen molar-refractivity contribution < 1.29 is 14.3 Å². The molecule has 5 heteroatoms. The molecule has 0 bridgehead atoms. The van der Waals surface area contributed by atoms with E-state index in [2.05, 4.69) is 17.9 Å². The molecule has 0 amide bonds. The Balaban J connectivity index is 1.61. The SMILES string of the molecule is CCOC(=O)CCCN1CCc2c(C)nc3ccc(Oc4ccccc4)cc3c21. The van der Waals surface area contributed by atoms with Crippen LogP contribution in [0.5, 0.6) is 11.5 Å². The molecule has 5 nitrogen and oxygen atoms in total. The second kappa shape index (κ2) is 8.52. The largest absolute Gasteiger partial charge is 0.466 e. The first kappa shape index (κ1) is 19.2. The summed E-state index contributed by atoms with van der Waals surface area (Å²) in [6.45, 7) is 6.13. The normalized spacial score (nSPS) is 12.8. The minimum absolute atomic E-state index is 0.124. The van der Waals surface area contributed by atoms with Gasteiger partial charge in [0.1, 0.15) is 11.5 Å². The van der Waals surface area contributed by atoms with E-state index in [4.69, 9.17) is 14.5 Å². The van der Waals surface area contributed by atoms with Crippen molar-refractivity contribution in [2.45, 2.75) is 33.1 Å². The molecule has 2 aromatic carbocycles. The number of para-hydroxylation sites is 1. The number of esters is 1. The zero-order valence-electron chi connectivity index (χ0n) is 17.0. The molecule has 1 aliphatic heterocycles. The van der Waals surface area contributed by atoms with E-state index >= 15 is 0 Å². The third-order valence-electron chi connectivity index (χ3n) is 5.27. The van der Waals surface area contributed by atoms with Gasteiger partial charge in [0.25, 0.3) is 0 Å². The number of rotatable bonds is 7. The first-order valence-corrected chi connectivity index (χ1v) is 10.2. The maximum Gasteiger partial charge on any atom is 0.305 e. The third kappa shape index (κ3) is 4.19. The molecule has 0 saturated carbocycles. The fraction of sp³-hybridized carbons (Fsp3) is 0.333. The Labute approximate surface area is 171 Å². The van der Waals surface area contributed by atoms with Gasteiger partial charge >= 0.3 is 5.97 Å². The van der Waals surface area contributed by atoms with Crippen LogP contribution >= 0.6 is 0 Å². The molecule has 150 valence electrons. The number of carbonyl (C=O) groups is 1. The Hall–Kier alpha value is -3.08. The van der Waals surface area contributed by atoms with Crippen molar-refractivity contribution in [2.24, 2.45) is 0 Å². The van der Waals surface area contributed by atoms with E-state index in [1.54, 1.807) is 0 Å². The van der Waals surface area contributed by atoms with E-state index in [0.717, 1.165) is 54.0 Å². The summed E-state index contributed by atoms with van der Waals surface area (Å²) in [7, 11) is 0. The number of hydrogen-bond donors (Lipinski definition) is 0. The molecule has 0 N–H and O–H groups in total. The summed E-state index contributed by atoms with van der Waals surface area (Å²) < 4.78 is 11.1. The molecular formula is C24H26N2O3. The smallest absolute Gasteiger partial charge is 0.305 e. The lowest BCUT2D eigenvalue weighted by molar-refractivity contribution is -0.143. The van der Waals surface area contributed by atoms with Gasteiger partial charge in [-0.3, -0.25) is 9.78 Å². The second-order valence-corrected chi connectivity index (χ2v) is 7.26. The molecule has 4 rings (SSSR count). The van der Waals surface area contributed by atoms with Crippen LogP contribution in [0.25, 0.3) is 10.9 Å². The molecule has 0 saturated heterocycles. The lowest BCUT2D eigenvalue weighted by atomic mass is 10.1. The lowest BCUT2D eigenvalue weighted by Crippen LogP contribution is -2.23. The van der Waals surface area contributed by atoms with Crippen molar-refractivity contribution in [3.05, 3.63) is 59.8 Å². The highest BCUT2D eigenvalue weighted by Gasteiger charge is 2.24. The number of benzene rings is 2. The van der Waals surface area contributed by atoms with E-state index in [1.165, 1.54) is 11.3 Å². The van der Waals surface area contributed by atoms with Crippen LogP contribution in [-0.4, -0.2) is 30.6 Å². The summed E-state index contributed by atoms with van der Waals surface area (Å²) >= 11 is 0. The van der Waals surface area contributed by atoms with Crippen molar-refractivity contribution in [3.8, 4) is 11.5 Å². The third-order valence-corrected chi connectivity index (χ3v) is 5.27. The molecule has 0 unspecified atom stereocenters. The molecule has 1 aromatic heterocycles. The summed E-state index contributed by atoms with van der Waals surface area (Å²) in [5.41, 5.74) is 4.58. The number of fused-ring (bicyclic) bond motifs is 3. The number of aromatic nitrogens is 1. The van der Waals surface area contributed by atoms with Crippen LogP contribution in [0.15, 0.2) is 48.5 Å². The number of hydrogen-bond acceptors (Lipinski definition) is 5. The maximum absolute atomic E-state index is 11.7. The zero-order valence-corrected chi connectivity index (χ0v) is 17.0. The van der Waals surface area contributed by atoms with Gasteiger partial charge in [-0.15, -0.1) is 0 Å². The van der Waals surface area contributed by atoms with Crippen LogP contribution in [0.2, 0.25) is 0 Å². The van der Waals surface area contributed by atoms with Crippen molar-refractivity contribution in [1.82, 2.24) is 4.98 Å². The van der Waals surface area contributed by atoms with Gasteiger partial charge in [0.15, 0.2) is 0 Å². The molecule has 1 aliphatic rings. The van der Waals surface area contributed by atoms with E-state index in [9.17, 15) is 4.79 Å². The molecule has 29 heavy (non-hydrogen) atoms. The van der Waals surface area contributed by atoms with Gasteiger partial charge in [-0.25, -0.2) is 0 Å². The molecular weight excluding hydrogens is 364 g/mol. The van der Waals surface area contributed by atoms with E-state index < -0.39 is 0 Å². The minimum atomic E-state index is -0.124. The van der Waals surface area contributed by atoms with Crippen molar-refractivity contribution in [1.29, 1.82) is 0 Å². The van der Waals surface area contributed by atoms with Crippen molar-refractivity contribution in [2.75, 3.05) is 24.6 Å². The van der Waals surface area contributed by atoms with Crippen LogP contribution in [0.3, 0.4) is 0 Å². The molecule has 0 aliphatic carbocycles. The van der Waals surface area contributed by atoms with Crippen LogP contribution in [0, 0.1) is 6.92 Å². The Morgan fingerprint density at radius 2 is 1.97 bits per heavy atom. The lowest BCUT2D eigenvalue weighted by Gasteiger charge is -2.21. The number of carbonyl (C=O) groups excluding carboxylic acids is 1. The van der Waals surface area contributed by atoms with Gasteiger partial charge in [0, 0.05) is 30.6 Å². The summed E-state index contributed by atoms with van der Waals surface area (Å²) in [5, 5.41) is 1.10. The molecule has 0 atom stereocenters. The van der Waals surface area contributed by atoms with E-state index in [0.29, 0.717) is 13.0 Å². The molecule has 0 spiro atoms. The number of anilines is 1. The Bertz CT molecular complexity index is 1020. The monoisotopic (exact) mass is 390 g/mol. The zero-order chi connectivity index (χ0) is 20.2. The average Bonchev–Trinajstić information content (AvgIpc) is 3.15. The Morgan fingerprint density at radius 3 is 2.76 bits per heavy atom. The molecule has 2 heterocycles. The summed E-state index contributed by atoms with van der Waals surface area (Å²) in [6.07, 6.45) is 2.21. The Morgan fingerprint density at radius 1 is 1.14 bits per heavy atom. The summed E-state index contributed by atoms with van der Waals surface area (Å²) in [6, 6.07) is 15.9. The fourth-order valence-electron chi connectivity index (χ4n) is 3.96. The number of nitrogens with zero attached hydrogens (tertiary/aromatic N) is 2. The first-order chi connectivity index (χ1) is 14.2. The van der Waals surface area contributed by atoms with Crippen LogP contribution in [0.1, 0.15) is 31.0 Å². The van der Waals surface area contributed by atoms with Gasteiger partial charge in [-0.05, 0) is 62.6 Å². The molecule has 3 aromatic rings. The summed E-state index contributed by atoms with van der Waals surface area (Å²) in [5.74, 6) is 1.49. The highest BCUT2D eigenvalue weighted by molar-refractivity contribution is 5.96. The van der Waals surface area contributed by atoms with Gasteiger partial charge in [-0.2, -0.15) is 0 Å². The van der Waals surface area contributed by atoms with Crippen LogP contribution in [0.4, 0.5) is 5.69 Å². The standard InChI is InChI=1S/C24H26N2O3/c1-3-28-23(27)10-7-14-26-15-13-20-17(2)25-22-12-11-19(16-21(22)24(20)26)29-18-8-5-4-6-9-18/h4-6,8-9,11-12,16H,3,7,10,13-15H2,1-2H3. The highest BCUT2D eigenvalue weighted by atomic mass is 16.5. The van der Waals surface area contributed by atoms with Crippen molar-refractivity contribution in [3.63, 3.8) is 0 Å². The highest BCUT2D eigenvalue weighted by Crippen LogP contribution is 2.38. The van der Waals surface area contributed by atoms with Crippen LogP contribution in [-0.2, 0) is 16.0 Å². The van der Waals surface area contributed by atoms with Gasteiger partial charge in [0.2, 0.25) is 0 Å². The van der Waals surface area contributed by atoms with Gasteiger partial charge in [-0.1, -0.05) is 18.2 Å².